The van der Waals surface area contributed by atoms with Crippen molar-refractivity contribution in [3.8, 4) is 28.6 Å². The van der Waals surface area contributed by atoms with E-state index in [9.17, 15) is 0 Å². The van der Waals surface area contributed by atoms with Gasteiger partial charge in [0.15, 0.2) is 17.3 Å². The van der Waals surface area contributed by atoms with Crippen LogP contribution in [0.1, 0.15) is 5.56 Å². The molecule has 2 aromatic heterocycles. The molecule has 3 rings (SSSR count). The maximum absolute atomic E-state index is 7.52. The summed E-state index contributed by atoms with van der Waals surface area (Å²) in [6.45, 7) is 11.1. The third kappa shape index (κ3) is 4.36. The quantitative estimate of drug-likeness (QED) is 0.485. The zero-order valence-electron chi connectivity index (χ0n) is 18.9. The molecular weight excluding hydrogens is 414 g/mol. The lowest BCUT2D eigenvalue weighted by Gasteiger charge is -2.22. The number of benzene rings is 1. The number of likely N-dealkylation sites (N-methyl/N-ethyl adjacent to an activating group) is 2. The molecule has 3 aromatic rings. The van der Waals surface area contributed by atoms with Gasteiger partial charge < -0.3 is 24.0 Å². The summed E-state index contributed by atoms with van der Waals surface area (Å²) in [6, 6.07) is 3.67. The first-order valence-electron chi connectivity index (χ1n) is 9.69. The van der Waals surface area contributed by atoms with Crippen LogP contribution < -0.4 is 19.1 Å². The first-order chi connectivity index (χ1) is 14.8. The summed E-state index contributed by atoms with van der Waals surface area (Å²) >= 11 is 1.39. The Morgan fingerprint density at radius 2 is 1.65 bits per heavy atom. The average Bonchev–Trinajstić information content (AvgIpc) is 3.11. The number of ether oxygens (including phenoxy) is 3. The fourth-order valence-electron chi connectivity index (χ4n) is 3.28. The van der Waals surface area contributed by atoms with Crippen LogP contribution in [0.5, 0.6) is 17.2 Å². The van der Waals surface area contributed by atoms with Gasteiger partial charge in [0.25, 0.3) is 0 Å². The summed E-state index contributed by atoms with van der Waals surface area (Å²) in [7, 11) is 10.8. The van der Waals surface area contributed by atoms with Crippen LogP contribution in [0.2, 0.25) is 0 Å². The van der Waals surface area contributed by atoms with Crippen molar-refractivity contribution >= 4 is 32.4 Å². The second-order valence-electron chi connectivity index (χ2n) is 7.33. The monoisotopic (exact) mass is 441 g/mol. The molecule has 0 aliphatic carbocycles. The Hall–Kier alpha value is -3.09. The molecule has 0 unspecified atom stereocenters. The molecule has 8 nitrogen and oxygen atoms in total. The Labute approximate surface area is 186 Å². The number of hydrogen-bond donors (Lipinski definition) is 0. The molecule has 0 radical (unpaired) electrons. The summed E-state index contributed by atoms with van der Waals surface area (Å²) in [5, 5.41) is 1.56. The molecule has 0 N–H and O–H groups in total. The zero-order valence-corrected chi connectivity index (χ0v) is 19.8. The smallest absolute Gasteiger partial charge is 0.246 e. The third-order valence-corrected chi connectivity index (χ3v) is 6.09. The molecule has 0 amide bonds. The molecule has 0 saturated carbocycles. The van der Waals surface area contributed by atoms with Crippen molar-refractivity contribution in [2.75, 3.05) is 60.5 Å². The fourth-order valence-corrected chi connectivity index (χ4v) is 4.25. The number of anilines is 1. The van der Waals surface area contributed by atoms with E-state index in [1.165, 1.54) is 11.3 Å². The van der Waals surface area contributed by atoms with Crippen molar-refractivity contribution in [3.63, 3.8) is 0 Å². The van der Waals surface area contributed by atoms with E-state index in [-0.39, 0.29) is 0 Å². The van der Waals surface area contributed by atoms with Crippen LogP contribution in [0.15, 0.2) is 12.1 Å². The summed E-state index contributed by atoms with van der Waals surface area (Å²) < 4.78 is 16.4. The highest BCUT2D eigenvalue weighted by Gasteiger charge is 2.21. The van der Waals surface area contributed by atoms with E-state index in [0.717, 1.165) is 40.3 Å². The summed E-state index contributed by atoms with van der Waals surface area (Å²) in [5.41, 5.74) is 1.66. The van der Waals surface area contributed by atoms with Crippen molar-refractivity contribution in [2.24, 2.45) is 0 Å². The first kappa shape index (κ1) is 22.6. The molecule has 31 heavy (non-hydrogen) atoms. The fraction of sp³-hybridized carbons (Fsp3) is 0.409. The van der Waals surface area contributed by atoms with E-state index in [4.69, 9.17) is 30.8 Å². The van der Waals surface area contributed by atoms with Crippen LogP contribution in [-0.4, -0.2) is 70.4 Å². The summed E-state index contributed by atoms with van der Waals surface area (Å²) in [5.74, 6) is 2.93. The minimum atomic E-state index is 0.514. The van der Waals surface area contributed by atoms with Gasteiger partial charge in [-0.3, -0.25) is 0 Å². The van der Waals surface area contributed by atoms with Crippen LogP contribution in [0.25, 0.3) is 26.4 Å². The van der Waals surface area contributed by atoms with Gasteiger partial charge in [0.1, 0.15) is 10.6 Å². The van der Waals surface area contributed by atoms with Crippen LogP contribution in [-0.2, 0) is 0 Å². The van der Waals surface area contributed by atoms with Crippen molar-refractivity contribution in [3.05, 3.63) is 29.1 Å². The Balaban J connectivity index is 2.24. The second kappa shape index (κ2) is 9.37. The molecule has 0 aliphatic rings. The largest absolute Gasteiger partial charge is 0.493 e. The highest BCUT2D eigenvalue weighted by molar-refractivity contribution is 7.22. The molecule has 0 fully saturated rings. The van der Waals surface area contributed by atoms with E-state index < -0.39 is 0 Å². The molecule has 9 heteroatoms. The van der Waals surface area contributed by atoms with Gasteiger partial charge >= 0.3 is 0 Å². The van der Waals surface area contributed by atoms with Crippen molar-refractivity contribution in [2.45, 2.75) is 6.92 Å². The standard InChI is InChI=1S/C22H27N5O3S/c1-13-17-20(27(5)10-9-26(3)4)24-19(25-22(17)31-21(13)23-2)14-11-15(28-6)18(30-8)16(12-14)29-7/h11-12H,9-10H2,1,3-8H3. The van der Waals surface area contributed by atoms with E-state index in [1.54, 1.807) is 21.3 Å². The molecular formula is C22H27N5O3S. The van der Waals surface area contributed by atoms with E-state index in [1.807, 2.05) is 40.2 Å². The minimum Gasteiger partial charge on any atom is -0.493 e. The predicted octanol–water partition coefficient (Wildman–Crippen LogP) is 4.24. The van der Waals surface area contributed by atoms with Crippen LogP contribution in [0, 0.1) is 13.5 Å². The van der Waals surface area contributed by atoms with Crippen LogP contribution in [0.3, 0.4) is 0 Å². The molecule has 0 spiro atoms. The SMILES string of the molecule is [C-]#[N+]c1sc2nc(-c3cc(OC)c(OC)c(OC)c3)nc(N(C)CCN(C)C)c2c1C. The minimum absolute atomic E-state index is 0.514. The number of fused-ring (bicyclic) bond motifs is 1. The molecule has 0 bridgehead atoms. The number of aromatic nitrogens is 2. The van der Waals surface area contributed by atoms with Crippen molar-refractivity contribution < 1.29 is 14.2 Å². The van der Waals surface area contributed by atoms with Gasteiger partial charge in [-0.15, -0.1) is 11.3 Å². The number of hydrogen-bond acceptors (Lipinski definition) is 8. The molecule has 0 atom stereocenters. The maximum atomic E-state index is 7.52. The summed E-state index contributed by atoms with van der Waals surface area (Å²) in [6.07, 6.45) is 0. The van der Waals surface area contributed by atoms with Gasteiger partial charge in [-0.1, -0.05) is 0 Å². The highest BCUT2D eigenvalue weighted by Crippen LogP contribution is 2.44. The zero-order chi connectivity index (χ0) is 22.7. The Morgan fingerprint density at radius 1 is 1.00 bits per heavy atom. The van der Waals surface area contributed by atoms with Gasteiger partial charge in [0.2, 0.25) is 10.8 Å². The lowest BCUT2D eigenvalue weighted by molar-refractivity contribution is 0.324. The van der Waals surface area contributed by atoms with Crippen LogP contribution in [0.4, 0.5) is 10.8 Å². The van der Waals surface area contributed by atoms with Gasteiger partial charge in [-0.25, -0.2) is 14.8 Å². The number of rotatable bonds is 8. The van der Waals surface area contributed by atoms with Gasteiger partial charge in [-0.05, 0) is 38.7 Å². The molecule has 164 valence electrons. The predicted molar refractivity (Wildman–Crippen MR) is 125 cm³/mol. The molecule has 0 aliphatic heterocycles. The lowest BCUT2D eigenvalue weighted by atomic mass is 10.1. The van der Waals surface area contributed by atoms with Gasteiger partial charge in [-0.2, -0.15) is 0 Å². The Bertz CT molecular complexity index is 1110. The van der Waals surface area contributed by atoms with Crippen molar-refractivity contribution in [1.29, 1.82) is 0 Å². The average molecular weight is 442 g/mol. The van der Waals surface area contributed by atoms with E-state index >= 15 is 0 Å². The third-order valence-electron chi connectivity index (χ3n) is 5.01. The van der Waals surface area contributed by atoms with Crippen molar-refractivity contribution in [1.82, 2.24) is 14.9 Å². The number of aryl methyl sites for hydroxylation is 1. The first-order valence-corrected chi connectivity index (χ1v) is 10.5. The van der Waals surface area contributed by atoms with Crippen LogP contribution >= 0.6 is 11.3 Å². The maximum Gasteiger partial charge on any atom is 0.246 e. The van der Waals surface area contributed by atoms with E-state index in [2.05, 4.69) is 14.6 Å². The normalized spacial score (nSPS) is 10.9. The highest BCUT2D eigenvalue weighted by atomic mass is 32.1. The number of nitrogens with zero attached hydrogens (tertiary/aromatic N) is 5. The second-order valence-corrected chi connectivity index (χ2v) is 8.31. The lowest BCUT2D eigenvalue weighted by Crippen LogP contribution is -2.29. The molecule has 1 aromatic carbocycles. The van der Waals surface area contributed by atoms with Gasteiger partial charge in [0.05, 0.1) is 27.9 Å². The topological polar surface area (TPSA) is 64.3 Å². The van der Waals surface area contributed by atoms with E-state index in [0.29, 0.717) is 28.1 Å². The Morgan fingerprint density at radius 3 is 2.16 bits per heavy atom. The molecule has 0 saturated heterocycles. The molecule has 2 heterocycles. The Kier molecular flexibility index (Phi) is 6.83. The number of thiophene rings is 1. The number of methoxy groups -OCH3 is 3. The van der Waals surface area contributed by atoms with Gasteiger partial charge in [0, 0.05) is 31.1 Å². The summed E-state index contributed by atoms with van der Waals surface area (Å²) in [4.78, 5) is 18.4.